The molecule has 0 bridgehead atoms. The number of hydrogen-bond donors (Lipinski definition) is 0. The lowest BCUT2D eigenvalue weighted by atomic mass is 9.86. The molecule has 1 amide bonds. The van der Waals surface area contributed by atoms with Crippen molar-refractivity contribution in [3.8, 4) is 11.5 Å². The molecule has 0 saturated heterocycles. The molecule has 0 fully saturated rings. The smallest absolute Gasteiger partial charge is 0.414 e. The average molecular weight is 576 g/mol. The number of anilines is 1. The van der Waals surface area contributed by atoms with Crippen molar-refractivity contribution >= 4 is 28.9 Å². The zero-order valence-electron chi connectivity index (χ0n) is 25.1. The summed E-state index contributed by atoms with van der Waals surface area (Å²) in [6, 6.07) is 34.0. The SMILES string of the molecule is COC(=O)CC/C(=C(\c1ccc(Oc2ccccc2)cc1)c1ccc2c(c1)CCN2C(=O)OC(C)(C)C)c1ccccc1. The Morgan fingerprint density at radius 2 is 1.37 bits per heavy atom. The number of nitrogens with zero attached hydrogens (tertiary/aromatic N) is 1. The topological polar surface area (TPSA) is 65.1 Å². The Balaban J connectivity index is 1.59. The van der Waals surface area contributed by atoms with Gasteiger partial charge in [0.15, 0.2) is 0 Å². The van der Waals surface area contributed by atoms with Crippen LogP contribution in [-0.4, -0.2) is 31.3 Å². The van der Waals surface area contributed by atoms with Crippen molar-refractivity contribution in [2.75, 3.05) is 18.6 Å². The van der Waals surface area contributed by atoms with E-state index in [0.29, 0.717) is 13.0 Å². The van der Waals surface area contributed by atoms with E-state index in [2.05, 4.69) is 30.3 Å². The maximum absolute atomic E-state index is 12.9. The highest BCUT2D eigenvalue weighted by Gasteiger charge is 2.29. The second-order valence-corrected chi connectivity index (χ2v) is 11.5. The van der Waals surface area contributed by atoms with Gasteiger partial charge >= 0.3 is 12.1 Å². The van der Waals surface area contributed by atoms with Crippen LogP contribution in [0.4, 0.5) is 10.5 Å². The first-order valence-corrected chi connectivity index (χ1v) is 14.5. The Morgan fingerprint density at radius 3 is 2.02 bits per heavy atom. The number of amides is 1. The van der Waals surface area contributed by atoms with Crippen LogP contribution in [0.15, 0.2) is 103 Å². The monoisotopic (exact) mass is 575 g/mol. The lowest BCUT2D eigenvalue weighted by Gasteiger charge is -2.25. The normalized spacial score (nSPS) is 13.2. The highest BCUT2D eigenvalue weighted by Crippen LogP contribution is 2.39. The summed E-state index contributed by atoms with van der Waals surface area (Å²) in [6.45, 7) is 6.18. The molecule has 0 N–H and O–H groups in total. The molecule has 0 saturated carbocycles. The summed E-state index contributed by atoms with van der Waals surface area (Å²) < 4.78 is 16.7. The van der Waals surface area contributed by atoms with Crippen LogP contribution < -0.4 is 9.64 Å². The van der Waals surface area contributed by atoms with Crippen molar-refractivity contribution in [3.05, 3.63) is 125 Å². The molecule has 0 spiro atoms. The number of methoxy groups -OCH3 is 1. The molecule has 220 valence electrons. The largest absolute Gasteiger partial charge is 0.469 e. The molecule has 0 unspecified atom stereocenters. The van der Waals surface area contributed by atoms with E-state index in [1.165, 1.54) is 7.11 Å². The number of carbonyl (C=O) groups excluding carboxylic acids is 2. The van der Waals surface area contributed by atoms with Crippen LogP contribution in [0, 0.1) is 0 Å². The molecule has 4 aromatic rings. The van der Waals surface area contributed by atoms with E-state index >= 15 is 0 Å². The van der Waals surface area contributed by atoms with E-state index in [-0.39, 0.29) is 18.5 Å². The summed E-state index contributed by atoms with van der Waals surface area (Å²) in [5.74, 6) is 1.23. The van der Waals surface area contributed by atoms with E-state index in [9.17, 15) is 9.59 Å². The van der Waals surface area contributed by atoms with Crippen LogP contribution in [0.25, 0.3) is 11.1 Å². The predicted molar refractivity (Wildman–Crippen MR) is 170 cm³/mol. The van der Waals surface area contributed by atoms with Crippen LogP contribution in [0.5, 0.6) is 11.5 Å². The minimum Gasteiger partial charge on any atom is -0.469 e. The Morgan fingerprint density at radius 1 is 0.744 bits per heavy atom. The number of para-hydroxylation sites is 1. The number of carbonyl (C=O) groups is 2. The molecule has 1 aliphatic rings. The predicted octanol–water partition coefficient (Wildman–Crippen LogP) is 8.69. The van der Waals surface area contributed by atoms with Crippen LogP contribution in [0.2, 0.25) is 0 Å². The van der Waals surface area contributed by atoms with Crippen molar-refractivity contribution in [3.63, 3.8) is 0 Å². The fourth-order valence-electron chi connectivity index (χ4n) is 5.28. The number of allylic oxidation sites excluding steroid dienone is 1. The van der Waals surface area contributed by atoms with Gasteiger partial charge in [0, 0.05) is 13.0 Å². The van der Waals surface area contributed by atoms with Gasteiger partial charge in [0.2, 0.25) is 0 Å². The highest BCUT2D eigenvalue weighted by molar-refractivity contribution is 6.00. The van der Waals surface area contributed by atoms with E-state index < -0.39 is 5.60 Å². The Labute approximate surface area is 253 Å². The van der Waals surface area contributed by atoms with Crippen molar-refractivity contribution in [1.82, 2.24) is 0 Å². The second-order valence-electron chi connectivity index (χ2n) is 11.5. The minimum atomic E-state index is -0.573. The zero-order valence-corrected chi connectivity index (χ0v) is 25.1. The molecule has 4 aromatic carbocycles. The molecular formula is C37H37NO5. The Hall–Kier alpha value is -4.84. The number of esters is 1. The molecule has 1 aliphatic heterocycles. The third kappa shape index (κ3) is 7.33. The summed E-state index contributed by atoms with van der Waals surface area (Å²) >= 11 is 0. The molecular weight excluding hydrogens is 538 g/mol. The first kappa shape index (κ1) is 29.6. The Bertz CT molecular complexity index is 1600. The quantitative estimate of drug-likeness (QED) is 0.155. The van der Waals surface area contributed by atoms with Gasteiger partial charge in [-0.05, 0) is 103 Å². The maximum Gasteiger partial charge on any atom is 0.414 e. The van der Waals surface area contributed by atoms with E-state index in [1.54, 1.807) is 4.90 Å². The maximum atomic E-state index is 12.9. The molecule has 6 nitrogen and oxygen atoms in total. The number of fused-ring (bicyclic) bond motifs is 1. The van der Waals surface area contributed by atoms with Crippen molar-refractivity contribution in [2.45, 2.75) is 45.6 Å². The Kier molecular flexibility index (Phi) is 8.96. The molecule has 0 atom stereocenters. The van der Waals surface area contributed by atoms with Gasteiger partial charge in [0.05, 0.1) is 12.8 Å². The van der Waals surface area contributed by atoms with Gasteiger partial charge in [-0.1, -0.05) is 66.7 Å². The second kappa shape index (κ2) is 13.0. The van der Waals surface area contributed by atoms with Gasteiger partial charge in [-0.25, -0.2) is 4.79 Å². The van der Waals surface area contributed by atoms with Gasteiger partial charge < -0.3 is 14.2 Å². The van der Waals surface area contributed by atoms with Gasteiger partial charge in [0.1, 0.15) is 17.1 Å². The molecule has 43 heavy (non-hydrogen) atoms. The number of hydrogen-bond acceptors (Lipinski definition) is 5. The van der Waals surface area contributed by atoms with Gasteiger partial charge in [0.25, 0.3) is 0 Å². The fraction of sp³-hybridized carbons (Fsp3) is 0.243. The fourth-order valence-corrected chi connectivity index (χ4v) is 5.28. The molecule has 0 aromatic heterocycles. The first-order valence-electron chi connectivity index (χ1n) is 14.5. The minimum absolute atomic E-state index is 0.247. The lowest BCUT2D eigenvalue weighted by Crippen LogP contribution is -2.35. The third-order valence-electron chi connectivity index (χ3n) is 7.23. The van der Waals surface area contributed by atoms with Crippen molar-refractivity contribution in [2.24, 2.45) is 0 Å². The zero-order chi connectivity index (χ0) is 30.4. The van der Waals surface area contributed by atoms with E-state index in [1.807, 2.05) is 93.6 Å². The third-order valence-corrected chi connectivity index (χ3v) is 7.23. The summed E-state index contributed by atoms with van der Waals surface area (Å²) in [4.78, 5) is 26.9. The summed E-state index contributed by atoms with van der Waals surface area (Å²) in [7, 11) is 1.41. The van der Waals surface area contributed by atoms with E-state index in [4.69, 9.17) is 14.2 Å². The standard InChI is InChI=1S/C37H37NO5/c1-37(2,3)43-36(40)38-24-23-28-25-29(17-21-33(28)38)35(32(20-22-34(39)41-4)26-11-7-5-8-12-26)27-15-18-31(19-16-27)42-30-13-9-6-10-14-30/h5-19,21,25H,20,22-24H2,1-4H3/b35-32-. The van der Waals surface area contributed by atoms with Gasteiger partial charge in [-0.3, -0.25) is 9.69 Å². The summed E-state index contributed by atoms with van der Waals surface area (Å²) in [5, 5.41) is 0. The van der Waals surface area contributed by atoms with Crippen LogP contribution >= 0.6 is 0 Å². The molecule has 0 radical (unpaired) electrons. The number of benzene rings is 4. The molecule has 1 heterocycles. The van der Waals surface area contributed by atoms with Crippen molar-refractivity contribution < 1.29 is 23.8 Å². The molecule has 6 heteroatoms. The van der Waals surface area contributed by atoms with Crippen LogP contribution in [0.1, 0.15) is 55.9 Å². The summed E-state index contributed by atoms with van der Waals surface area (Å²) in [5.41, 5.74) is 6.43. The number of rotatable bonds is 8. The average Bonchev–Trinajstić information content (AvgIpc) is 3.43. The van der Waals surface area contributed by atoms with Crippen molar-refractivity contribution in [1.29, 1.82) is 0 Å². The van der Waals surface area contributed by atoms with E-state index in [0.717, 1.165) is 57.0 Å². The number of ether oxygens (including phenoxy) is 3. The first-order chi connectivity index (χ1) is 20.7. The van der Waals surface area contributed by atoms with Crippen LogP contribution in [0.3, 0.4) is 0 Å². The molecule has 0 aliphatic carbocycles. The summed E-state index contributed by atoms with van der Waals surface area (Å²) in [6.07, 6.45) is 1.13. The highest BCUT2D eigenvalue weighted by atomic mass is 16.6. The lowest BCUT2D eigenvalue weighted by molar-refractivity contribution is -0.140. The van der Waals surface area contributed by atoms with Gasteiger partial charge in [-0.15, -0.1) is 0 Å². The van der Waals surface area contributed by atoms with Crippen LogP contribution in [-0.2, 0) is 20.7 Å². The van der Waals surface area contributed by atoms with Gasteiger partial charge in [-0.2, -0.15) is 0 Å². The molecule has 5 rings (SSSR count).